The Hall–Kier alpha value is -3.41. The lowest BCUT2D eigenvalue weighted by molar-refractivity contribution is 0.0514. The van der Waals surface area contributed by atoms with Crippen LogP contribution in [0.5, 0.6) is 0 Å². The molecular formula is C23H25N3O3. The number of hydrogen-bond donors (Lipinski definition) is 0. The van der Waals surface area contributed by atoms with E-state index in [1.54, 1.807) is 42.6 Å². The Balaban J connectivity index is 2.07. The highest BCUT2D eigenvalue weighted by molar-refractivity contribution is 6.09. The number of anilines is 1. The highest BCUT2D eigenvalue weighted by atomic mass is 16.5. The van der Waals surface area contributed by atoms with Crippen LogP contribution in [0.15, 0.2) is 54.7 Å². The number of ether oxygens (including phenoxy) is 1. The second-order valence-electron chi connectivity index (χ2n) is 6.78. The van der Waals surface area contributed by atoms with Crippen molar-refractivity contribution in [2.45, 2.75) is 27.3 Å². The van der Waals surface area contributed by atoms with Crippen LogP contribution < -0.4 is 4.90 Å². The lowest BCUT2D eigenvalue weighted by atomic mass is 10.1. The van der Waals surface area contributed by atoms with E-state index in [4.69, 9.17) is 4.74 Å². The van der Waals surface area contributed by atoms with Crippen LogP contribution in [-0.4, -0.2) is 28.0 Å². The van der Waals surface area contributed by atoms with Crippen molar-refractivity contribution in [3.05, 3.63) is 82.8 Å². The average Bonchev–Trinajstić information content (AvgIpc) is 2.95. The summed E-state index contributed by atoms with van der Waals surface area (Å²) in [6.45, 7) is 6.03. The Morgan fingerprint density at radius 3 is 2.38 bits per heavy atom. The van der Waals surface area contributed by atoms with Crippen molar-refractivity contribution in [3.63, 3.8) is 0 Å². The molecule has 3 rings (SSSR count). The van der Waals surface area contributed by atoms with Gasteiger partial charge in [0.25, 0.3) is 5.91 Å². The quantitative estimate of drug-likeness (QED) is 0.595. The summed E-state index contributed by atoms with van der Waals surface area (Å²) in [6.07, 6.45) is 1.66. The standard InChI is InChI=1S/C23H25N3O3/c1-5-29-23(28)21-16(2)20(17(3)25(21)4)22(27)26(19-13-9-10-14-24-19)15-18-11-7-6-8-12-18/h6-14H,5,15H2,1-4H3. The van der Waals surface area contributed by atoms with Crippen molar-refractivity contribution < 1.29 is 14.3 Å². The molecule has 150 valence electrons. The first-order valence-electron chi connectivity index (χ1n) is 9.55. The van der Waals surface area contributed by atoms with Crippen molar-refractivity contribution in [1.29, 1.82) is 0 Å². The molecule has 0 aliphatic heterocycles. The summed E-state index contributed by atoms with van der Waals surface area (Å²) in [5.74, 6) is -0.0718. The number of rotatable bonds is 6. The summed E-state index contributed by atoms with van der Waals surface area (Å²) in [5, 5.41) is 0. The van der Waals surface area contributed by atoms with Gasteiger partial charge in [-0.15, -0.1) is 0 Å². The maximum absolute atomic E-state index is 13.7. The summed E-state index contributed by atoms with van der Waals surface area (Å²) in [4.78, 5) is 32.1. The molecule has 0 N–H and O–H groups in total. The van der Waals surface area contributed by atoms with Crippen molar-refractivity contribution in [2.75, 3.05) is 11.5 Å². The topological polar surface area (TPSA) is 64.4 Å². The number of benzene rings is 1. The summed E-state index contributed by atoms with van der Waals surface area (Å²) in [6, 6.07) is 15.2. The molecular weight excluding hydrogens is 366 g/mol. The van der Waals surface area contributed by atoms with Gasteiger partial charge in [0.15, 0.2) is 0 Å². The van der Waals surface area contributed by atoms with Crippen LogP contribution in [0.4, 0.5) is 5.82 Å². The minimum absolute atomic E-state index is 0.200. The fraction of sp³-hybridized carbons (Fsp3) is 0.261. The number of carbonyl (C=O) groups excluding carboxylic acids is 2. The third-order valence-electron chi connectivity index (χ3n) is 4.97. The predicted molar refractivity (Wildman–Crippen MR) is 112 cm³/mol. The van der Waals surface area contributed by atoms with Gasteiger partial charge in [0.2, 0.25) is 0 Å². The zero-order valence-corrected chi connectivity index (χ0v) is 17.2. The highest BCUT2D eigenvalue weighted by Crippen LogP contribution is 2.26. The number of aromatic nitrogens is 2. The van der Waals surface area contributed by atoms with Crippen molar-refractivity contribution in [1.82, 2.24) is 9.55 Å². The Morgan fingerprint density at radius 1 is 1.07 bits per heavy atom. The van der Waals surface area contributed by atoms with E-state index in [1.807, 2.05) is 49.4 Å². The van der Waals surface area contributed by atoms with E-state index < -0.39 is 5.97 Å². The van der Waals surface area contributed by atoms with Crippen LogP contribution in [0.25, 0.3) is 0 Å². The van der Waals surface area contributed by atoms with Crippen LogP contribution >= 0.6 is 0 Å². The Kier molecular flexibility index (Phi) is 6.12. The SMILES string of the molecule is CCOC(=O)c1c(C)c(C(=O)N(Cc2ccccc2)c2ccccn2)c(C)n1C. The monoisotopic (exact) mass is 391 g/mol. The lowest BCUT2D eigenvalue weighted by Gasteiger charge is -2.22. The van der Waals surface area contributed by atoms with Gasteiger partial charge in [0.1, 0.15) is 11.5 Å². The molecule has 6 nitrogen and oxygen atoms in total. The largest absolute Gasteiger partial charge is 0.461 e. The van der Waals surface area contributed by atoms with E-state index in [2.05, 4.69) is 4.98 Å². The third-order valence-corrected chi connectivity index (χ3v) is 4.97. The molecule has 2 heterocycles. The maximum Gasteiger partial charge on any atom is 0.355 e. The van der Waals surface area contributed by atoms with Gasteiger partial charge in [-0.1, -0.05) is 36.4 Å². The van der Waals surface area contributed by atoms with Crippen LogP contribution in [-0.2, 0) is 18.3 Å². The molecule has 1 aromatic carbocycles. The van der Waals surface area contributed by atoms with Crippen molar-refractivity contribution in [3.8, 4) is 0 Å². The predicted octanol–water partition coefficient (Wildman–Crippen LogP) is 4.06. The molecule has 29 heavy (non-hydrogen) atoms. The molecule has 0 unspecified atom stereocenters. The first kappa shape index (κ1) is 20.3. The molecule has 0 aliphatic carbocycles. The van der Waals surface area contributed by atoms with Gasteiger partial charge in [0.05, 0.1) is 18.7 Å². The van der Waals surface area contributed by atoms with E-state index >= 15 is 0 Å². The minimum Gasteiger partial charge on any atom is -0.461 e. The molecule has 0 bridgehead atoms. The summed E-state index contributed by atoms with van der Waals surface area (Å²) >= 11 is 0. The fourth-order valence-electron chi connectivity index (χ4n) is 3.45. The van der Waals surface area contributed by atoms with Gasteiger partial charge < -0.3 is 9.30 Å². The molecule has 0 saturated carbocycles. The number of hydrogen-bond acceptors (Lipinski definition) is 4. The normalized spacial score (nSPS) is 10.6. The van der Waals surface area contributed by atoms with E-state index in [9.17, 15) is 9.59 Å². The molecule has 0 atom stereocenters. The highest BCUT2D eigenvalue weighted by Gasteiger charge is 2.29. The lowest BCUT2D eigenvalue weighted by Crippen LogP contribution is -2.32. The molecule has 0 saturated heterocycles. The maximum atomic E-state index is 13.7. The minimum atomic E-state index is -0.429. The van der Waals surface area contributed by atoms with E-state index in [0.717, 1.165) is 5.56 Å². The molecule has 0 radical (unpaired) electrons. The second kappa shape index (κ2) is 8.73. The van der Waals surface area contributed by atoms with Crippen LogP contribution in [0, 0.1) is 13.8 Å². The van der Waals surface area contributed by atoms with Gasteiger partial charge in [-0.25, -0.2) is 9.78 Å². The smallest absolute Gasteiger partial charge is 0.355 e. The number of nitrogens with zero attached hydrogens (tertiary/aromatic N) is 3. The Labute approximate surface area is 170 Å². The molecule has 6 heteroatoms. The van der Waals surface area contributed by atoms with Gasteiger partial charge in [0, 0.05) is 18.9 Å². The zero-order valence-electron chi connectivity index (χ0n) is 17.2. The van der Waals surface area contributed by atoms with Crippen molar-refractivity contribution >= 4 is 17.7 Å². The fourth-order valence-corrected chi connectivity index (χ4v) is 3.45. The average molecular weight is 391 g/mol. The summed E-state index contributed by atoms with van der Waals surface area (Å²) in [7, 11) is 1.77. The van der Waals surface area contributed by atoms with Crippen molar-refractivity contribution in [2.24, 2.45) is 7.05 Å². The summed E-state index contributed by atoms with van der Waals surface area (Å²) < 4.78 is 6.90. The van der Waals surface area contributed by atoms with Gasteiger partial charge in [-0.05, 0) is 44.0 Å². The number of pyridine rings is 1. The molecule has 0 aliphatic rings. The van der Waals surface area contributed by atoms with Gasteiger partial charge >= 0.3 is 5.97 Å². The molecule has 1 amide bonds. The molecule has 2 aromatic heterocycles. The zero-order chi connectivity index (χ0) is 21.0. The Bertz CT molecular complexity index is 1010. The molecule has 0 fully saturated rings. The van der Waals surface area contributed by atoms with E-state index in [-0.39, 0.29) is 12.5 Å². The van der Waals surface area contributed by atoms with E-state index in [1.165, 1.54) is 0 Å². The van der Waals surface area contributed by atoms with Crippen LogP contribution in [0.2, 0.25) is 0 Å². The number of carbonyl (C=O) groups is 2. The first-order chi connectivity index (χ1) is 14.0. The van der Waals surface area contributed by atoms with Gasteiger partial charge in [-0.2, -0.15) is 0 Å². The van der Waals surface area contributed by atoms with Crippen LogP contribution in [0.1, 0.15) is 44.6 Å². The third kappa shape index (κ3) is 4.06. The first-order valence-corrected chi connectivity index (χ1v) is 9.55. The van der Waals surface area contributed by atoms with Gasteiger partial charge in [-0.3, -0.25) is 9.69 Å². The number of amides is 1. The van der Waals surface area contributed by atoms with E-state index in [0.29, 0.717) is 34.9 Å². The molecule has 0 spiro atoms. The van der Waals surface area contributed by atoms with Crippen LogP contribution in [0.3, 0.4) is 0 Å². The second-order valence-corrected chi connectivity index (χ2v) is 6.78. The Morgan fingerprint density at radius 2 is 1.76 bits per heavy atom. The summed E-state index contributed by atoms with van der Waals surface area (Å²) in [5.41, 5.74) is 3.21. The molecule has 3 aromatic rings. The number of esters is 1.